The summed E-state index contributed by atoms with van der Waals surface area (Å²) >= 11 is 3.45. The van der Waals surface area contributed by atoms with Crippen molar-refractivity contribution in [1.29, 1.82) is 0 Å². The van der Waals surface area contributed by atoms with Gasteiger partial charge in [-0.1, -0.05) is 29.8 Å². The van der Waals surface area contributed by atoms with Crippen LogP contribution in [0.15, 0.2) is 27.1 Å². The Morgan fingerprint density at radius 3 is 3.00 bits per heavy atom. The summed E-state index contributed by atoms with van der Waals surface area (Å²) in [6.45, 7) is 10.4. The van der Waals surface area contributed by atoms with Gasteiger partial charge in [-0.25, -0.2) is 0 Å². The summed E-state index contributed by atoms with van der Waals surface area (Å²) in [5.74, 6) is 0.822. The van der Waals surface area contributed by atoms with Crippen molar-refractivity contribution < 1.29 is 13.9 Å². The summed E-state index contributed by atoms with van der Waals surface area (Å²) in [7, 11) is 0. The molecule has 1 saturated heterocycles. The molecule has 1 unspecified atom stereocenters. The van der Waals surface area contributed by atoms with Gasteiger partial charge < -0.3 is 14.5 Å². The smallest absolute Gasteiger partial charge is 0.287 e. The number of carbonyl (C=O) groups is 1. The fraction of sp³-hybridized carbons (Fsp3) is 0.526. The Morgan fingerprint density at radius 2 is 2.24 bits per heavy atom. The third-order valence-corrected chi connectivity index (χ3v) is 4.93. The molecule has 1 atom stereocenters. The molecular weight excluding hydrogens is 384 g/mol. The van der Waals surface area contributed by atoms with Crippen LogP contribution >= 0.6 is 15.9 Å². The molecule has 1 fully saturated rings. The molecule has 6 heteroatoms. The molecule has 1 aromatic heterocycles. The fourth-order valence-electron chi connectivity index (χ4n) is 3.28. The molecule has 1 aliphatic heterocycles. The van der Waals surface area contributed by atoms with Crippen LogP contribution in [0.4, 0.5) is 0 Å². The molecule has 0 aliphatic carbocycles. The number of aryl methyl sites for hydroxylation is 1. The van der Waals surface area contributed by atoms with E-state index in [4.69, 9.17) is 9.15 Å². The van der Waals surface area contributed by atoms with Crippen LogP contribution in [-0.2, 0) is 4.74 Å². The Bertz CT molecular complexity index is 756. The first-order valence-corrected chi connectivity index (χ1v) is 9.54. The van der Waals surface area contributed by atoms with Gasteiger partial charge in [-0.15, -0.1) is 0 Å². The minimum absolute atomic E-state index is 0.0234. The Kier molecular flexibility index (Phi) is 5.81. The van der Waals surface area contributed by atoms with E-state index in [1.54, 1.807) is 0 Å². The first-order chi connectivity index (χ1) is 11.9. The van der Waals surface area contributed by atoms with E-state index < -0.39 is 0 Å². The Labute approximate surface area is 156 Å². The van der Waals surface area contributed by atoms with Crippen molar-refractivity contribution in [3.05, 3.63) is 34.0 Å². The highest BCUT2D eigenvalue weighted by Crippen LogP contribution is 2.28. The molecule has 0 radical (unpaired) electrons. The van der Waals surface area contributed by atoms with Gasteiger partial charge in [0.05, 0.1) is 12.7 Å². The van der Waals surface area contributed by atoms with Crippen molar-refractivity contribution in [2.24, 2.45) is 5.92 Å². The lowest BCUT2D eigenvalue weighted by Crippen LogP contribution is -2.48. The Morgan fingerprint density at radius 1 is 1.44 bits per heavy atom. The quantitative estimate of drug-likeness (QED) is 0.820. The van der Waals surface area contributed by atoms with Gasteiger partial charge in [0, 0.05) is 41.6 Å². The van der Waals surface area contributed by atoms with Gasteiger partial charge in [-0.2, -0.15) is 0 Å². The van der Waals surface area contributed by atoms with E-state index >= 15 is 0 Å². The largest absolute Gasteiger partial charge is 0.451 e. The number of hydrogen-bond donors (Lipinski definition) is 1. The van der Waals surface area contributed by atoms with E-state index in [1.807, 2.05) is 25.1 Å². The number of nitrogens with one attached hydrogen (secondary N) is 1. The standard InChI is InChI=1S/C19H25BrN2O3/c1-12(2)10-22-6-7-24-15(11-22)9-21-19(23)18-13(3)16-8-14(20)4-5-17(16)25-18/h4-5,8,12,15H,6-7,9-11H2,1-3H3,(H,21,23). The van der Waals surface area contributed by atoms with Gasteiger partial charge in [0.2, 0.25) is 0 Å². The van der Waals surface area contributed by atoms with Crippen LogP contribution in [0.1, 0.15) is 30.0 Å². The minimum Gasteiger partial charge on any atom is -0.451 e. The van der Waals surface area contributed by atoms with E-state index in [2.05, 4.69) is 40.0 Å². The summed E-state index contributed by atoms with van der Waals surface area (Å²) in [5, 5.41) is 3.92. The summed E-state index contributed by atoms with van der Waals surface area (Å²) in [6.07, 6.45) is 0.0234. The van der Waals surface area contributed by atoms with Crippen LogP contribution < -0.4 is 5.32 Å². The summed E-state index contributed by atoms with van der Waals surface area (Å²) in [6, 6.07) is 5.75. The van der Waals surface area contributed by atoms with Crippen LogP contribution in [0.2, 0.25) is 0 Å². The number of furan rings is 1. The number of morpholine rings is 1. The third-order valence-electron chi connectivity index (χ3n) is 4.44. The van der Waals surface area contributed by atoms with Crippen molar-refractivity contribution in [1.82, 2.24) is 10.2 Å². The lowest BCUT2D eigenvalue weighted by molar-refractivity contribution is -0.0296. The van der Waals surface area contributed by atoms with Crippen LogP contribution in [0.25, 0.3) is 11.0 Å². The molecular formula is C19H25BrN2O3. The number of benzene rings is 1. The highest BCUT2D eigenvalue weighted by Gasteiger charge is 2.23. The lowest BCUT2D eigenvalue weighted by Gasteiger charge is -2.33. The zero-order valence-electron chi connectivity index (χ0n) is 15.0. The maximum Gasteiger partial charge on any atom is 0.287 e. The molecule has 1 amide bonds. The van der Waals surface area contributed by atoms with Crippen molar-refractivity contribution >= 4 is 32.8 Å². The zero-order valence-corrected chi connectivity index (χ0v) is 16.6. The monoisotopic (exact) mass is 408 g/mol. The van der Waals surface area contributed by atoms with Crippen molar-refractivity contribution in [2.45, 2.75) is 26.9 Å². The highest BCUT2D eigenvalue weighted by atomic mass is 79.9. The van der Waals surface area contributed by atoms with Crippen molar-refractivity contribution in [2.75, 3.05) is 32.8 Å². The topological polar surface area (TPSA) is 54.7 Å². The molecule has 2 aromatic rings. The highest BCUT2D eigenvalue weighted by molar-refractivity contribution is 9.10. The molecule has 5 nitrogen and oxygen atoms in total. The predicted octanol–water partition coefficient (Wildman–Crippen LogP) is 3.59. The first-order valence-electron chi connectivity index (χ1n) is 8.75. The molecule has 136 valence electrons. The molecule has 1 N–H and O–H groups in total. The number of halogens is 1. The number of carbonyl (C=O) groups excluding carboxylic acids is 1. The van der Waals surface area contributed by atoms with Gasteiger partial charge in [0.1, 0.15) is 5.58 Å². The van der Waals surface area contributed by atoms with E-state index in [-0.39, 0.29) is 12.0 Å². The van der Waals surface area contributed by atoms with Crippen LogP contribution in [0, 0.1) is 12.8 Å². The lowest BCUT2D eigenvalue weighted by atomic mass is 10.1. The maximum absolute atomic E-state index is 12.5. The fourth-order valence-corrected chi connectivity index (χ4v) is 3.64. The molecule has 1 aromatic carbocycles. The Hall–Kier alpha value is -1.37. The predicted molar refractivity (Wildman–Crippen MR) is 102 cm³/mol. The van der Waals surface area contributed by atoms with E-state index in [1.165, 1.54) is 0 Å². The summed E-state index contributed by atoms with van der Waals surface area (Å²) in [5.41, 5.74) is 1.59. The average Bonchev–Trinajstić information content (AvgIpc) is 2.89. The van der Waals surface area contributed by atoms with E-state index in [9.17, 15) is 4.79 Å². The zero-order chi connectivity index (χ0) is 18.0. The number of hydrogen-bond acceptors (Lipinski definition) is 4. The van der Waals surface area contributed by atoms with Gasteiger partial charge in [0.25, 0.3) is 5.91 Å². The van der Waals surface area contributed by atoms with Gasteiger partial charge in [0.15, 0.2) is 5.76 Å². The molecule has 0 bridgehead atoms. The number of amides is 1. The number of ether oxygens (including phenoxy) is 1. The van der Waals surface area contributed by atoms with E-state index in [0.29, 0.717) is 24.8 Å². The second kappa shape index (κ2) is 7.89. The number of rotatable bonds is 5. The molecule has 25 heavy (non-hydrogen) atoms. The maximum atomic E-state index is 12.5. The van der Waals surface area contributed by atoms with Gasteiger partial charge in [-0.05, 0) is 31.0 Å². The number of fused-ring (bicyclic) bond motifs is 1. The first kappa shape index (κ1) is 18.4. The Balaban J connectivity index is 1.62. The third kappa shape index (κ3) is 4.43. The molecule has 0 saturated carbocycles. The van der Waals surface area contributed by atoms with Crippen LogP contribution in [-0.4, -0.2) is 49.7 Å². The van der Waals surface area contributed by atoms with Crippen LogP contribution in [0.5, 0.6) is 0 Å². The summed E-state index contributed by atoms with van der Waals surface area (Å²) < 4.78 is 12.5. The minimum atomic E-state index is -0.186. The summed E-state index contributed by atoms with van der Waals surface area (Å²) in [4.78, 5) is 14.9. The van der Waals surface area contributed by atoms with Gasteiger partial charge in [-0.3, -0.25) is 9.69 Å². The second-order valence-corrected chi connectivity index (χ2v) is 7.97. The second-order valence-electron chi connectivity index (χ2n) is 7.05. The molecule has 2 heterocycles. The van der Waals surface area contributed by atoms with E-state index in [0.717, 1.165) is 40.6 Å². The SMILES string of the molecule is Cc1c(C(=O)NCC2CN(CC(C)C)CCO2)oc2ccc(Br)cc12. The molecule has 0 spiro atoms. The average molecular weight is 409 g/mol. The van der Waals surface area contributed by atoms with Gasteiger partial charge >= 0.3 is 0 Å². The molecule has 1 aliphatic rings. The van der Waals surface area contributed by atoms with Crippen LogP contribution in [0.3, 0.4) is 0 Å². The van der Waals surface area contributed by atoms with Crippen molar-refractivity contribution in [3.8, 4) is 0 Å². The molecule has 3 rings (SSSR count). The van der Waals surface area contributed by atoms with Crippen molar-refractivity contribution in [3.63, 3.8) is 0 Å². The number of nitrogens with zero attached hydrogens (tertiary/aromatic N) is 1. The normalized spacial score (nSPS) is 18.8.